The number of para-hydroxylation sites is 1. The number of aliphatic hydroxyl groups is 1. The molecule has 0 saturated heterocycles. The molecule has 1 aliphatic heterocycles. The Morgan fingerprint density at radius 3 is 2.94 bits per heavy atom. The first kappa shape index (κ1) is 12.9. The maximum Gasteiger partial charge on any atom is 0.229 e. The van der Waals surface area contributed by atoms with Crippen molar-refractivity contribution >= 4 is 11.6 Å². The van der Waals surface area contributed by atoms with Gasteiger partial charge in [0.2, 0.25) is 5.91 Å². The molecule has 18 heavy (non-hydrogen) atoms. The third kappa shape index (κ3) is 2.64. The van der Waals surface area contributed by atoms with Crippen molar-refractivity contribution in [2.75, 3.05) is 18.4 Å². The molecule has 0 aliphatic carbocycles. The van der Waals surface area contributed by atoms with E-state index >= 15 is 0 Å². The van der Waals surface area contributed by atoms with Crippen LogP contribution in [0.5, 0.6) is 0 Å². The highest BCUT2D eigenvalue weighted by molar-refractivity contribution is 5.88. The van der Waals surface area contributed by atoms with Gasteiger partial charge in [0, 0.05) is 18.8 Å². The summed E-state index contributed by atoms with van der Waals surface area (Å²) >= 11 is 0. The number of nitrogens with one attached hydrogen (secondary N) is 2. The van der Waals surface area contributed by atoms with Crippen LogP contribution < -0.4 is 10.6 Å². The van der Waals surface area contributed by atoms with Gasteiger partial charge in [0.25, 0.3) is 0 Å². The molecule has 2 unspecified atom stereocenters. The summed E-state index contributed by atoms with van der Waals surface area (Å²) in [6, 6.07) is 7.84. The van der Waals surface area contributed by atoms with Crippen LogP contribution in [0.2, 0.25) is 0 Å². The fourth-order valence-corrected chi connectivity index (χ4v) is 2.08. The molecule has 0 bridgehead atoms. The third-order valence-electron chi connectivity index (χ3n) is 3.40. The average Bonchev–Trinajstić information content (AvgIpc) is 2.79. The molecule has 1 aliphatic rings. The summed E-state index contributed by atoms with van der Waals surface area (Å²) in [5, 5.41) is 15.7. The first-order valence-electron chi connectivity index (χ1n) is 6.38. The molecule has 2 atom stereocenters. The molecule has 0 aromatic heterocycles. The van der Waals surface area contributed by atoms with Gasteiger partial charge in [-0.25, -0.2) is 0 Å². The topological polar surface area (TPSA) is 61.4 Å². The number of carbonyl (C=O) groups excluding carboxylic acids is 1. The van der Waals surface area contributed by atoms with E-state index in [1.54, 1.807) is 0 Å². The van der Waals surface area contributed by atoms with E-state index in [0.717, 1.165) is 11.3 Å². The van der Waals surface area contributed by atoms with Crippen molar-refractivity contribution in [3.8, 4) is 0 Å². The Kier molecular flexibility index (Phi) is 3.87. The Hall–Kier alpha value is -1.55. The average molecular weight is 248 g/mol. The number of benzene rings is 1. The summed E-state index contributed by atoms with van der Waals surface area (Å²) in [5.41, 5.74) is 2.07. The Morgan fingerprint density at radius 1 is 1.50 bits per heavy atom. The second kappa shape index (κ2) is 5.40. The van der Waals surface area contributed by atoms with E-state index in [0.29, 0.717) is 13.1 Å². The van der Waals surface area contributed by atoms with E-state index in [1.807, 2.05) is 38.1 Å². The van der Waals surface area contributed by atoms with Gasteiger partial charge in [-0.3, -0.25) is 4.79 Å². The maximum absolute atomic E-state index is 12.1. The Morgan fingerprint density at radius 2 is 2.22 bits per heavy atom. The van der Waals surface area contributed by atoms with Gasteiger partial charge in [0.1, 0.15) is 0 Å². The van der Waals surface area contributed by atoms with Crippen LogP contribution in [0.25, 0.3) is 0 Å². The molecule has 1 amide bonds. The summed E-state index contributed by atoms with van der Waals surface area (Å²) in [6.45, 7) is 4.81. The Labute approximate surface area is 107 Å². The number of rotatable bonds is 4. The quantitative estimate of drug-likeness (QED) is 0.753. The zero-order chi connectivity index (χ0) is 13.1. The smallest absolute Gasteiger partial charge is 0.229 e. The Bertz CT molecular complexity index is 432. The van der Waals surface area contributed by atoms with Crippen LogP contribution in [0.1, 0.15) is 25.3 Å². The van der Waals surface area contributed by atoms with Gasteiger partial charge in [-0.15, -0.1) is 0 Å². The Balaban J connectivity index is 1.95. The predicted molar refractivity (Wildman–Crippen MR) is 71.5 cm³/mol. The molecular formula is C14H20N2O2. The van der Waals surface area contributed by atoms with E-state index < -0.39 is 6.10 Å². The molecule has 1 heterocycles. The number of fused-ring (bicyclic) bond motifs is 1. The van der Waals surface area contributed by atoms with Crippen LogP contribution in [-0.2, 0) is 4.79 Å². The molecule has 98 valence electrons. The molecule has 0 spiro atoms. The normalized spacial score (nSPS) is 19.2. The maximum atomic E-state index is 12.1. The van der Waals surface area contributed by atoms with Gasteiger partial charge < -0.3 is 15.7 Å². The zero-order valence-corrected chi connectivity index (χ0v) is 10.8. The van der Waals surface area contributed by atoms with E-state index in [1.165, 1.54) is 0 Å². The summed E-state index contributed by atoms with van der Waals surface area (Å²) in [4.78, 5) is 12.1. The van der Waals surface area contributed by atoms with E-state index in [9.17, 15) is 9.90 Å². The lowest BCUT2D eigenvalue weighted by Crippen LogP contribution is -2.37. The van der Waals surface area contributed by atoms with Gasteiger partial charge in [0.15, 0.2) is 0 Å². The lowest BCUT2D eigenvalue weighted by atomic mass is 10.00. The number of amides is 1. The van der Waals surface area contributed by atoms with Gasteiger partial charge >= 0.3 is 0 Å². The first-order chi connectivity index (χ1) is 8.59. The predicted octanol–water partition coefficient (Wildman–Crippen LogP) is 1.33. The second-order valence-corrected chi connectivity index (χ2v) is 5.08. The van der Waals surface area contributed by atoms with Crippen molar-refractivity contribution in [2.24, 2.45) is 5.92 Å². The van der Waals surface area contributed by atoms with Crippen LogP contribution in [0.3, 0.4) is 0 Å². The molecule has 4 heteroatoms. The van der Waals surface area contributed by atoms with Crippen LogP contribution in [0.4, 0.5) is 5.69 Å². The lowest BCUT2D eigenvalue weighted by Gasteiger charge is -2.17. The number of hydrogen-bond acceptors (Lipinski definition) is 3. The van der Waals surface area contributed by atoms with Crippen molar-refractivity contribution in [3.63, 3.8) is 0 Å². The lowest BCUT2D eigenvalue weighted by molar-refractivity contribution is -0.122. The molecule has 1 aromatic rings. The molecule has 3 N–H and O–H groups in total. The van der Waals surface area contributed by atoms with Crippen molar-refractivity contribution in [3.05, 3.63) is 29.8 Å². The second-order valence-electron chi connectivity index (χ2n) is 5.08. The van der Waals surface area contributed by atoms with Crippen molar-refractivity contribution in [2.45, 2.75) is 25.9 Å². The van der Waals surface area contributed by atoms with E-state index in [2.05, 4.69) is 10.6 Å². The third-order valence-corrected chi connectivity index (χ3v) is 3.40. The standard InChI is InChI=1S/C14H20N2O2/c1-9(2)13(17)8-16-14(18)11-7-15-12-6-4-3-5-10(11)12/h3-6,9,11,13,15,17H,7-8H2,1-2H3,(H,16,18). The van der Waals surface area contributed by atoms with Crippen LogP contribution in [-0.4, -0.2) is 30.2 Å². The van der Waals surface area contributed by atoms with Crippen molar-refractivity contribution < 1.29 is 9.90 Å². The number of aliphatic hydroxyl groups excluding tert-OH is 1. The minimum atomic E-state index is -0.487. The zero-order valence-electron chi connectivity index (χ0n) is 10.8. The minimum absolute atomic E-state index is 0.0212. The van der Waals surface area contributed by atoms with E-state index in [-0.39, 0.29) is 17.7 Å². The van der Waals surface area contributed by atoms with Gasteiger partial charge in [-0.05, 0) is 17.5 Å². The van der Waals surface area contributed by atoms with Crippen LogP contribution >= 0.6 is 0 Å². The summed E-state index contributed by atoms with van der Waals surface area (Å²) in [6.07, 6.45) is -0.487. The monoisotopic (exact) mass is 248 g/mol. The SMILES string of the molecule is CC(C)C(O)CNC(=O)C1CNc2ccccc21. The molecular weight excluding hydrogens is 228 g/mol. The van der Waals surface area contributed by atoms with Crippen LogP contribution in [0, 0.1) is 5.92 Å². The fourth-order valence-electron chi connectivity index (χ4n) is 2.08. The van der Waals surface area contributed by atoms with Gasteiger partial charge in [0.05, 0.1) is 12.0 Å². The summed E-state index contributed by atoms with van der Waals surface area (Å²) < 4.78 is 0. The minimum Gasteiger partial charge on any atom is -0.391 e. The molecule has 4 nitrogen and oxygen atoms in total. The number of hydrogen-bond donors (Lipinski definition) is 3. The highest BCUT2D eigenvalue weighted by atomic mass is 16.3. The largest absolute Gasteiger partial charge is 0.391 e. The molecule has 2 rings (SSSR count). The van der Waals surface area contributed by atoms with Crippen LogP contribution in [0.15, 0.2) is 24.3 Å². The van der Waals surface area contributed by atoms with Crippen molar-refractivity contribution in [1.82, 2.24) is 5.32 Å². The molecule has 1 aromatic carbocycles. The van der Waals surface area contributed by atoms with Crippen molar-refractivity contribution in [1.29, 1.82) is 0 Å². The first-order valence-corrected chi connectivity index (χ1v) is 6.38. The van der Waals surface area contributed by atoms with E-state index in [4.69, 9.17) is 0 Å². The fraction of sp³-hybridized carbons (Fsp3) is 0.500. The van der Waals surface area contributed by atoms with Gasteiger partial charge in [-0.2, -0.15) is 0 Å². The highest BCUT2D eigenvalue weighted by Gasteiger charge is 2.28. The number of anilines is 1. The molecule has 0 saturated carbocycles. The molecule has 0 radical (unpaired) electrons. The number of carbonyl (C=O) groups is 1. The van der Waals surface area contributed by atoms with Gasteiger partial charge in [-0.1, -0.05) is 32.0 Å². The molecule has 0 fully saturated rings. The summed E-state index contributed by atoms with van der Waals surface area (Å²) in [7, 11) is 0. The highest BCUT2D eigenvalue weighted by Crippen LogP contribution is 2.30. The summed E-state index contributed by atoms with van der Waals surface area (Å²) in [5.74, 6) is -0.0213.